The standard InChI is InChI=1S/C18H22O8/c19-17(7-5-9-13-15(25-13)11(7)23-9)21-3-1-2-4-22-18(20)8-6-10-14-16(26-14)12(8)24-10/h7-16H,1-6H2. The fourth-order valence-electron chi connectivity index (χ4n) is 5.13. The molecule has 8 nitrogen and oxygen atoms in total. The number of unbranched alkanes of at least 4 members (excludes halogenated alkanes) is 1. The van der Waals surface area contributed by atoms with Gasteiger partial charge in [0, 0.05) is 0 Å². The summed E-state index contributed by atoms with van der Waals surface area (Å²) in [7, 11) is 0. The predicted molar refractivity (Wildman–Crippen MR) is 82.0 cm³/mol. The van der Waals surface area contributed by atoms with Crippen molar-refractivity contribution in [2.24, 2.45) is 11.8 Å². The molecule has 0 N–H and O–H groups in total. The molecule has 142 valence electrons. The Kier molecular flexibility index (Phi) is 3.43. The molecule has 26 heavy (non-hydrogen) atoms. The number of rotatable bonds is 7. The maximum absolute atomic E-state index is 12.2. The Morgan fingerprint density at radius 2 is 1.12 bits per heavy atom. The van der Waals surface area contributed by atoms with Gasteiger partial charge in [-0.05, 0) is 25.7 Å². The summed E-state index contributed by atoms with van der Waals surface area (Å²) < 4.78 is 33.1. The molecule has 0 aromatic carbocycles. The third-order valence-corrected chi connectivity index (χ3v) is 6.57. The zero-order chi connectivity index (χ0) is 17.4. The zero-order valence-corrected chi connectivity index (χ0v) is 14.3. The van der Waals surface area contributed by atoms with Crippen LogP contribution in [0.1, 0.15) is 25.7 Å². The van der Waals surface area contributed by atoms with Gasteiger partial charge >= 0.3 is 11.9 Å². The summed E-state index contributed by atoms with van der Waals surface area (Å²) >= 11 is 0. The highest BCUT2D eigenvalue weighted by Gasteiger charge is 2.67. The van der Waals surface area contributed by atoms with Crippen LogP contribution in [-0.2, 0) is 38.0 Å². The van der Waals surface area contributed by atoms with Crippen molar-refractivity contribution >= 4 is 11.9 Å². The molecule has 6 fully saturated rings. The molecule has 10 unspecified atom stereocenters. The summed E-state index contributed by atoms with van der Waals surface area (Å²) in [5.41, 5.74) is 0. The lowest BCUT2D eigenvalue weighted by molar-refractivity contribution is -0.153. The Morgan fingerprint density at radius 1 is 0.654 bits per heavy atom. The van der Waals surface area contributed by atoms with E-state index in [2.05, 4.69) is 0 Å². The number of hydrogen-bond donors (Lipinski definition) is 0. The third-order valence-electron chi connectivity index (χ3n) is 6.57. The molecule has 0 aromatic rings. The van der Waals surface area contributed by atoms with E-state index < -0.39 is 0 Å². The number of epoxide rings is 2. The highest BCUT2D eigenvalue weighted by molar-refractivity contribution is 5.75. The minimum atomic E-state index is -0.193. The highest BCUT2D eigenvalue weighted by atomic mass is 16.7. The van der Waals surface area contributed by atoms with Crippen molar-refractivity contribution in [3.8, 4) is 0 Å². The molecule has 6 rings (SSSR count). The average Bonchev–Trinajstić information content (AvgIpc) is 3.48. The van der Waals surface area contributed by atoms with Gasteiger partial charge in [-0.2, -0.15) is 0 Å². The lowest BCUT2D eigenvalue weighted by atomic mass is 9.89. The number of ether oxygens (including phenoxy) is 6. The molecule has 0 aromatic heterocycles. The van der Waals surface area contributed by atoms with Crippen LogP contribution in [-0.4, -0.2) is 74.0 Å². The second-order valence-corrected chi connectivity index (χ2v) is 8.14. The Balaban J connectivity index is 0.872. The number of esters is 2. The van der Waals surface area contributed by atoms with Crippen LogP contribution in [0, 0.1) is 11.8 Å². The minimum absolute atomic E-state index is 0.0770. The van der Waals surface area contributed by atoms with E-state index in [-0.39, 0.29) is 72.6 Å². The fourth-order valence-corrected chi connectivity index (χ4v) is 5.13. The molecule has 0 saturated carbocycles. The molecule has 4 bridgehead atoms. The van der Waals surface area contributed by atoms with Crippen molar-refractivity contribution in [1.29, 1.82) is 0 Å². The first-order valence-electron chi connectivity index (χ1n) is 9.66. The molecule has 0 spiro atoms. The van der Waals surface area contributed by atoms with E-state index in [4.69, 9.17) is 28.4 Å². The maximum Gasteiger partial charge on any atom is 0.311 e. The molecule has 0 amide bonds. The van der Waals surface area contributed by atoms with E-state index >= 15 is 0 Å². The van der Waals surface area contributed by atoms with E-state index in [0.717, 1.165) is 0 Å². The molecule has 6 saturated heterocycles. The first-order chi connectivity index (χ1) is 12.7. The van der Waals surface area contributed by atoms with Crippen LogP contribution in [0.5, 0.6) is 0 Å². The molecular weight excluding hydrogens is 344 g/mol. The van der Waals surface area contributed by atoms with Crippen LogP contribution < -0.4 is 0 Å². The lowest BCUT2D eigenvalue weighted by Crippen LogP contribution is -2.32. The van der Waals surface area contributed by atoms with Gasteiger partial charge in [-0.15, -0.1) is 0 Å². The normalized spacial score (nSPS) is 51.1. The van der Waals surface area contributed by atoms with E-state index in [1.807, 2.05) is 0 Å². The Bertz CT molecular complexity index is 583. The molecule has 6 aliphatic heterocycles. The molecule has 10 atom stereocenters. The smallest absolute Gasteiger partial charge is 0.311 e. The largest absolute Gasteiger partial charge is 0.465 e. The van der Waals surface area contributed by atoms with Crippen LogP contribution in [0.15, 0.2) is 0 Å². The fraction of sp³-hybridized carbons (Fsp3) is 0.889. The van der Waals surface area contributed by atoms with Crippen LogP contribution in [0.25, 0.3) is 0 Å². The van der Waals surface area contributed by atoms with Crippen molar-refractivity contribution in [1.82, 2.24) is 0 Å². The monoisotopic (exact) mass is 366 g/mol. The molecule has 0 radical (unpaired) electrons. The SMILES string of the molecule is O=C(OCCCCOC(=O)C1CC2OC1C1OC21)C1CC2OC1C1OC21. The van der Waals surface area contributed by atoms with E-state index in [1.54, 1.807) is 0 Å². The Morgan fingerprint density at radius 3 is 1.50 bits per heavy atom. The molecular formula is C18H22O8. The molecule has 6 aliphatic rings. The van der Waals surface area contributed by atoms with Gasteiger partial charge < -0.3 is 28.4 Å². The van der Waals surface area contributed by atoms with E-state index in [0.29, 0.717) is 38.9 Å². The Hall–Kier alpha value is -1.22. The van der Waals surface area contributed by atoms with E-state index in [9.17, 15) is 9.59 Å². The topological polar surface area (TPSA) is 96.1 Å². The van der Waals surface area contributed by atoms with Gasteiger partial charge in [0.1, 0.15) is 36.6 Å². The second kappa shape index (κ2) is 5.64. The van der Waals surface area contributed by atoms with Crippen LogP contribution in [0.3, 0.4) is 0 Å². The van der Waals surface area contributed by atoms with Crippen molar-refractivity contribution in [2.45, 2.75) is 74.5 Å². The van der Waals surface area contributed by atoms with Crippen LogP contribution in [0.2, 0.25) is 0 Å². The van der Waals surface area contributed by atoms with Gasteiger partial charge in [-0.1, -0.05) is 0 Å². The quantitative estimate of drug-likeness (QED) is 0.352. The van der Waals surface area contributed by atoms with Crippen molar-refractivity contribution in [2.75, 3.05) is 13.2 Å². The summed E-state index contributed by atoms with van der Waals surface area (Å²) in [4.78, 5) is 24.3. The van der Waals surface area contributed by atoms with Crippen molar-refractivity contribution in [3.63, 3.8) is 0 Å². The molecule has 8 heteroatoms. The van der Waals surface area contributed by atoms with E-state index in [1.165, 1.54) is 0 Å². The predicted octanol–water partition coefficient (Wildman–Crippen LogP) is -0.0376. The lowest BCUT2D eigenvalue weighted by Gasteiger charge is -2.16. The summed E-state index contributed by atoms with van der Waals surface area (Å²) in [6.07, 6.45) is 3.34. The highest BCUT2D eigenvalue weighted by Crippen LogP contribution is 2.52. The zero-order valence-electron chi connectivity index (χ0n) is 14.3. The summed E-state index contributed by atoms with van der Waals surface area (Å²) in [5, 5.41) is 0. The van der Waals surface area contributed by atoms with Gasteiger partial charge in [0.25, 0.3) is 0 Å². The minimum Gasteiger partial charge on any atom is -0.465 e. The van der Waals surface area contributed by atoms with Gasteiger partial charge in [0.2, 0.25) is 0 Å². The first kappa shape index (κ1) is 15.8. The summed E-state index contributed by atoms with van der Waals surface area (Å²) in [6.45, 7) is 0.683. The van der Waals surface area contributed by atoms with Gasteiger partial charge in [0.05, 0.1) is 37.3 Å². The summed E-state index contributed by atoms with van der Waals surface area (Å²) in [5.74, 6) is -0.760. The van der Waals surface area contributed by atoms with Gasteiger partial charge in [-0.3, -0.25) is 9.59 Å². The van der Waals surface area contributed by atoms with Crippen LogP contribution in [0.4, 0.5) is 0 Å². The number of fused-ring (bicyclic) bond motifs is 10. The first-order valence-corrected chi connectivity index (χ1v) is 9.66. The second-order valence-electron chi connectivity index (χ2n) is 8.14. The maximum atomic E-state index is 12.2. The van der Waals surface area contributed by atoms with Gasteiger partial charge in [-0.25, -0.2) is 0 Å². The Labute approximate surface area is 150 Å². The van der Waals surface area contributed by atoms with Gasteiger partial charge in [0.15, 0.2) is 0 Å². The molecule has 6 heterocycles. The number of carbonyl (C=O) groups is 2. The van der Waals surface area contributed by atoms with Crippen molar-refractivity contribution < 1.29 is 38.0 Å². The third kappa shape index (κ3) is 2.35. The number of hydrogen-bond acceptors (Lipinski definition) is 8. The molecule has 0 aliphatic carbocycles. The average molecular weight is 366 g/mol. The van der Waals surface area contributed by atoms with Crippen LogP contribution >= 0.6 is 0 Å². The van der Waals surface area contributed by atoms with Crippen molar-refractivity contribution in [3.05, 3.63) is 0 Å². The number of carbonyl (C=O) groups excluding carboxylic acids is 2. The summed E-state index contributed by atoms with van der Waals surface area (Å²) in [6, 6.07) is 0.